The second kappa shape index (κ2) is 36.1. The number of likely N-dealkylation sites (N-methyl/N-ethyl adjacent to an activating group) is 1. The molecule has 0 radical (unpaired) electrons. The number of urea groups is 3. The number of fused-ring (bicyclic) bond motifs is 6. The first-order valence-electron chi connectivity index (χ1n) is 44.0. The van der Waals surface area contributed by atoms with Crippen LogP contribution in [-0.4, -0.2) is 261 Å². The molecule has 0 unspecified atom stereocenters. The molecule has 0 aliphatic carbocycles. The van der Waals surface area contributed by atoms with Gasteiger partial charge in [-0.05, 0) is 147 Å². The smallest absolute Gasteiger partial charge is 0.328 e. The Morgan fingerprint density at radius 1 is 0.445 bits per heavy atom. The number of anilines is 3. The maximum absolute atomic E-state index is 15.4. The van der Waals surface area contributed by atoms with Crippen molar-refractivity contribution in [2.75, 3.05) is 121 Å². The molecule has 722 valence electrons. The van der Waals surface area contributed by atoms with E-state index in [9.17, 15) is 77.3 Å². The number of aliphatic hydroxyl groups is 2. The van der Waals surface area contributed by atoms with Gasteiger partial charge in [0.2, 0.25) is 11.8 Å². The van der Waals surface area contributed by atoms with Gasteiger partial charge in [-0.3, -0.25) is 62.5 Å². The summed E-state index contributed by atoms with van der Waals surface area (Å²) >= 11 is 0. The highest BCUT2D eigenvalue weighted by Crippen LogP contribution is 2.45. The fourth-order valence-corrected chi connectivity index (χ4v) is 17.3. The number of esters is 3. The van der Waals surface area contributed by atoms with Crippen LogP contribution in [0.1, 0.15) is 154 Å². The Morgan fingerprint density at radius 2 is 0.759 bits per heavy atom. The minimum Gasteiger partial charge on any atom is -0.494 e. The standard InChI is InChI=1S/C33H39FN6O7.2C30H30FN5O9/c1-6-37-12-14-38(15-13-37)25-11-10-22-21(35-25)16-24(47-22)33(29(42)40(31(44)36-33)19-46-30(43)32(3,4)5)18-39-17-20-8-9-23(45-7-2)27(34)26(20)28(39)41;2*1-29(2,3)27(41)44-14-36-26(40)30(33-28(36)42,13-34-11-15-5-6-19(43-4)24(31)23(15)25(34)39)20-10-17-18(45-20)7-8-21(32-17)35-12-16(37)9-22(35)38/h8-11,16H,6-7,12-15,17-19H2,1-5H3,(H,36,44);2*5-8,10,16,37H,9,11-14H2,1-4H3,(H,33,42)/t33-;16-,30+;16-,30-/m010/s1. The zero-order valence-electron chi connectivity index (χ0n) is 77.0. The fraction of sp³-hybridized carbons (Fsp3) is 0.430. The van der Waals surface area contributed by atoms with E-state index in [1.54, 1.807) is 99.6 Å². The summed E-state index contributed by atoms with van der Waals surface area (Å²) in [4.78, 5) is 212. The zero-order chi connectivity index (χ0) is 98.5. The van der Waals surface area contributed by atoms with E-state index in [2.05, 4.69) is 42.6 Å². The molecule has 9 aliphatic rings. The number of methoxy groups -OCH3 is 2. The largest absolute Gasteiger partial charge is 0.494 e. The summed E-state index contributed by atoms with van der Waals surface area (Å²) in [6.45, 7) is 19.6. The second-order valence-electron chi connectivity index (χ2n) is 37.3. The van der Waals surface area contributed by atoms with E-state index in [1.807, 2.05) is 6.07 Å². The number of imide groups is 3. The van der Waals surface area contributed by atoms with Crippen LogP contribution in [0.2, 0.25) is 0 Å². The van der Waals surface area contributed by atoms with Crippen molar-refractivity contribution in [3.05, 3.63) is 159 Å². The molecular weight excluding hydrogens is 1800 g/mol. The highest BCUT2D eigenvalue weighted by atomic mass is 19.1. The molecule has 0 saturated carbocycles. The van der Waals surface area contributed by atoms with Crippen molar-refractivity contribution in [3.8, 4) is 17.2 Å². The predicted molar refractivity (Wildman–Crippen MR) is 472 cm³/mol. The number of nitrogens with zero attached hydrogens (tertiary/aromatic N) is 13. The van der Waals surface area contributed by atoms with Crippen LogP contribution in [0.15, 0.2) is 104 Å². The molecule has 6 fully saturated rings. The average Bonchev–Trinajstić information content (AvgIpc) is 1.58. The van der Waals surface area contributed by atoms with E-state index in [4.69, 9.17) is 46.7 Å². The van der Waals surface area contributed by atoms with Crippen LogP contribution >= 0.6 is 0 Å². The Hall–Kier alpha value is -14.8. The molecule has 44 heteroatoms. The summed E-state index contributed by atoms with van der Waals surface area (Å²) in [5.41, 5.74) is -6.45. The summed E-state index contributed by atoms with van der Waals surface area (Å²) in [5.74, 6) is -8.95. The number of hydrogen-bond donors (Lipinski definition) is 5. The molecule has 9 aromatic rings. The fourth-order valence-electron chi connectivity index (χ4n) is 17.3. The third-order valence-electron chi connectivity index (χ3n) is 24.8. The summed E-state index contributed by atoms with van der Waals surface area (Å²) < 4.78 is 95.1. The molecule has 5 atom stereocenters. The molecule has 0 spiro atoms. The number of carbonyl (C=O) groups is 14. The number of halogens is 3. The van der Waals surface area contributed by atoms with Gasteiger partial charge in [0.25, 0.3) is 35.4 Å². The lowest BCUT2D eigenvalue weighted by Gasteiger charge is -2.34. The van der Waals surface area contributed by atoms with Gasteiger partial charge in [-0.2, -0.15) is 0 Å². The van der Waals surface area contributed by atoms with E-state index >= 15 is 13.2 Å². The highest BCUT2D eigenvalue weighted by molar-refractivity contribution is 6.12. The maximum atomic E-state index is 15.4. The first-order chi connectivity index (χ1) is 64.8. The first-order valence-corrected chi connectivity index (χ1v) is 44.0. The van der Waals surface area contributed by atoms with Gasteiger partial charge in [-0.25, -0.2) is 57.2 Å². The Balaban J connectivity index is 0.000000149. The number of aromatic nitrogens is 3. The van der Waals surface area contributed by atoms with E-state index in [-0.39, 0.29) is 156 Å². The van der Waals surface area contributed by atoms with Crippen molar-refractivity contribution in [1.82, 2.24) is 65.2 Å². The van der Waals surface area contributed by atoms with Gasteiger partial charge in [0, 0.05) is 64.0 Å². The van der Waals surface area contributed by atoms with Crippen LogP contribution < -0.4 is 44.9 Å². The van der Waals surface area contributed by atoms with Crippen molar-refractivity contribution in [1.29, 1.82) is 0 Å². The lowest BCUT2D eigenvalue weighted by Crippen LogP contribution is -2.52. The minimum absolute atomic E-state index is 0.0201. The average molecular weight is 1900 g/mol. The van der Waals surface area contributed by atoms with Crippen molar-refractivity contribution >= 4 is 134 Å². The molecule has 6 saturated heterocycles. The third-order valence-corrected chi connectivity index (χ3v) is 24.8. The number of amides is 14. The number of furan rings is 3. The summed E-state index contributed by atoms with van der Waals surface area (Å²) in [7, 11) is 2.54. The van der Waals surface area contributed by atoms with E-state index in [0.29, 0.717) is 37.6 Å². The lowest BCUT2D eigenvalue weighted by atomic mass is 9.95. The van der Waals surface area contributed by atoms with Crippen LogP contribution in [-0.2, 0) is 88.8 Å². The molecule has 137 heavy (non-hydrogen) atoms. The first kappa shape index (κ1) is 95.3. The van der Waals surface area contributed by atoms with Gasteiger partial charge < -0.3 is 92.3 Å². The van der Waals surface area contributed by atoms with Crippen LogP contribution in [0.25, 0.3) is 33.3 Å². The van der Waals surface area contributed by atoms with Crippen molar-refractivity contribution in [3.63, 3.8) is 0 Å². The maximum Gasteiger partial charge on any atom is 0.328 e. The topological polar surface area (TPSA) is 481 Å². The Bertz CT molecular complexity index is 6270. The second-order valence-corrected chi connectivity index (χ2v) is 37.3. The number of piperazine rings is 1. The number of β-amino-alcohol motifs (C(OH)–C–C–N with tert-alkyl or cyclic N) is 2. The highest BCUT2D eigenvalue weighted by Gasteiger charge is 2.61. The summed E-state index contributed by atoms with van der Waals surface area (Å²) in [5, 5.41) is 27.8. The van der Waals surface area contributed by atoms with Crippen LogP contribution in [0.5, 0.6) is 17.2 Å². The Morgan fingerprint density at radius 3 is 1.06 bits per heavy atom. The molecule has 41 nitrogen and oxygen atoms in total. The van der Waals surface area contributed by atoms with E-state index in [1.165, 1.54) is 93.3 Å². The van der Waals surface area contributed by atoms with Gasteiger partial charge in [0.05, 0.1) is 112 Å². The number of pyridine rings is 3. The van der Waals surface area contributed by atoms with E-state index < -0.39 is 167 Å². The number of aliphatic hydroxyl groups excluding tert-OH is 2. The molecule has 9 aliphatic heterocycles. The number of benzene rings is 3. The monoisotopic (exact) mass is 1900 g/mol. The third kappa shape index (κ3) is 17.5. The molecule has 0 bridgehead atoms. The lowest BCUT2D eigenvalue weighted by molar-refractivity contribution is -0.160. The number of ether oxygens (including phenoxy) is 6. The molecule has 14 amide bonds. The van der Waals surface area contributed by atoms with Crippen LogP contribution in [0.3, 0.4) is 0 Å². The number of rotatable bonds is 23. The molecule has 15 heterocycles. The predicted octanol–water partition coefficient (Wildman–Crippen LogP) is 7.50. The Kier molecular flexibility index (Phi) is 25.1. The zero-order valence-corrected chi connectivity index (χ0v) is 77.0. The van der Waals surface area contributed by atoms with Crippen molar-refractivity contribution in [2.24, 2.45) is 16.2 Å². The Labute approximate surface area is 779 Å². The number of carbonyl (C=O) groups excluding carboxylic acids is 14. The van der Waals surface area contributed by atoms with Gasteiger partial charge in [-0.1, -0.05) is 25.1 Å². The van der Waals surface area contributed by atoms with Crippen molar-refractivity contribution < 1.29 is 132 Å². The number of hydrogen-bond acceptors (Lipinski definition) is 30. The van der Waals surface area contributed by atoms with E-state index in [0.717, 1.165) is 43.4 Å². The molecule has 5 N–H and O–H groups in total. The normalized spacial score (nSPS) is 21.2. The molecule has 3 aromatic carbocycles. The van der Waals surface area contributed by atoms with Gasteiger partial charge in [-0.15, -0.1) is 0 Å². The minimum atomic E-state index is -2.02. The van der Waals surface area contributed by atoms with Gasteiger partial charge >= 0.3 is 36.0 Å². The van der Waals surface area contributed by atoms with Crippen LogP contribution in [0, 0.1) is 33.7 Å². The quantitative estimate of drug-likeness (QED) is 0.0235. The van der Waals surface area contributed by atoms with Gasteiger partial charge in [0.1, 0.15) is 51.3 Å². The van der Waals surface area contributed by atoms with Crippen LogP contribution in [0.4, 0.5) is 45.0 Å². The molecule has 6 aromatic heterocycles. The van der Waals surface area contributed by atoms with Crippen molar-refractivity contribution in [2.45, 2.75) is 137 Å². The van der Waals surface area contributed by atoms with Gasteiger partial charge in [0.15, 0.2) is 88.3 Å². The number of nitrogens with one attached hydrogen (secondary N) is 3. The summed E-state index contributed by atoms with van der Waals surface area (Å²) in [6.07, 6.45) is -1.77. The summed E-state index contributed by atoms with van der Waals surface area (Å²) in [6, 6.07) is 20.3. The molecular formula is C93H99F3N16O25. The SMILES string of the molecule is CCOc1ccc2c(c1F)C(=O)N(C[C@@]1(c3cc4nc(N5CCN(CC)CC5)ccc4o3)NC(=O)N(COC(=O)C(C)(C)C)C1=O)C2.COc1ccc2c(c1F)C(=O)N(C[C@@]1(c3cc4nc(N5C[C@@H](O)CC5=O)ccc4o3)NC(=O)N(COC(=O)C(C)(C)C)C1=O)C2.COc1ccc2c(c1F)C(=O)N(C[C@@]1(c3cc4nc(N5C[C@H](O)CC5=O)ccc4o3)NC(=O)N(COC(=O)C(C)(C)C)C1=O)C2. The molecule has 18 rings (SSSR count).